The Bertz CT molecular complexity index is 4140. The minimum Gasteiger partial charge on any atom is -0.480 e. The van der Waals surface area contributed by atoms with Crippen molar-refractivity contribution in [2.45, 2.75) is 105 Å². The quantitative estimate of drug-likeness (QED) is 0.0362. The number of ketones is 2. The number of hydrogen-bond acceptors (Lipinski definition) is 13. The van der Waals surface area contributed by atoms with Crippen LogP contribution in [0.4, 0.5) is 32.3 Å². The van der Waals surface area contributed by atoms with Gasteiger partial charge in [0.1, 0.15) is 36.7 Å². The summed E-state index contributed by atoms with van der Waals surface area (Å²) in [7, 11) is 0. The van der Waals surface area contributed by atoms with Gasteiger partial charge in [-0.25, -0.2) is 9.59 Å². The SMILES string of the molecule is C[C@@H](NC(=O)OC(C)(C)C)C(=O)Nc1ccccc1C(=O)c1ccccc1.C[C@@H](NC(=O)OC(C)(C)C)C(=O)O.C[C@H]1N=C(c2ccccc2)c2cc(Br)ccc2NC1=O.C[C@H]1N=C(c2ccccc2)c2ccccc2NC1=O.Nc1ccccc1C(=O)c1ccccc1.[2H]C#C. The number of nitrogens with two attached hydrogens (primary N) is 1. The molecule has 0 aromatic heterocycles. The van der Waals surface area contributed by atoms with Gasteiger partial charge in [0.05, 0.1) is 28.5 Å². The number of nitrogens with one attached hydrogen (secondary N) is 5. The van der Waals surface area contributed by atoms with Gasteiger partial charge in [-0.05, 0) is 118 Å². The van der Waals surface area contributed by atoms with Gasteiger partial charge in [0.15, 0.2) is 11.6 Å². The summed E-state index contributed by atoms with van der Waals surface area (Å²) in [5.41, 5.74) is 14.8. The van der Waals surface area contributed by atoms with Crippen LogP contribution in [0, 0.1) is 12.8 Å². The minimum atomic E-state index is -1.09. The van der Waals surface area contributed by atoms with E-state index < -0.39 is 53.4 Å². The van der Waals surface area contributed by atoms with Crippen LogP contribution in [0.25, 0.3) is 0 Å². The van der Waals surface area contributed by atoms with Gasteiger partial charge in [0.2, 0.25) is 17.7 Å². The average molecular weight is 1360 g/mol. The molecule has 8 aromatic rings. The van der Waals surface area contributed by atoms with Crippen LogP contribution in [0.2, 0.25) is 0 Å². The van der Waals surface area contributed by atoms with Crippen LogP contribution in [0.1, 0.15) is 125 Å². The van der Waals surface area contributed by atoms with E-state index in [1.54, 1.807) is 128 Å². The number of carboxylic acids is 1. The number of carboxylic acid groups (broad SMARTS) is 1. The number of halogens is 1. The van der Waals surface area contributed by atoms with E-state index in [0.29, 0.717) is 33.6 Å². The molecule has 8 N–H and O–H groups in total. The Morgan fingerprint density at radius 3 is 1.41 bits per heavy atom. The minimum absolute atomic E-state index is 0.0336. The molecule has 496 valence electrons. The van der Waals surface area contributed by atoms with Crippen molar-refractivity contribution in [3.63, 3.8) is 0 Å². The van der Waals surface area contributed by atoms with Crippen LogP contribution in [-0.2, 0) is 28.7 Å². The number of amides is 5. The molecule has 2 heterocycles. The van der Waals surface area contributed by atoms with E-state index in [9.17, 15) is 38.4 Å². The Labute approximate surface area is 570 Å². The summed E-state index contributed by atoms with van der Waals surface area (Å²) in [5, 5.41) is 21.7. The first-order valence-electron chi connectivity index (χ1n) is 30.8. The molecule has 0 bridgehead atoms. The molecule has 0 spiro atoms. The number of carbonyl (C=O) groups excluding carboxylic acids is 7. The zero-order valence-corrected chi connectivity index (χ0v) is 56.6. The molecule has 2 aliphatic rings. The van der Waals surface area contributed by atoms with Crippen LogP contribution in [0.3, 0.4) is 0 Å². The number of anilines is 4. The number of ether oxygens (including phenoxy) is 2. The number of para-hydroxylation sites is 3. The maximum atomic E-state index is 12.7. The van der Waals surface area contributed by atoms with Gasteiger partial charge in [0.25, 0.3) is 0 Å². The second-order valence-electron chi connectivity index (χ2n) is 23.3. The third-order valence-corrected chi connectivity index (χ3v) is 13.9. The van der Waals surface area contributed by atoms with Gasteiger partial charge in [-0.3, -0.25) is 38.8 Å². The normalized spacial score (nSPS) is 14.1. The first kappa shape index (κ1) is 73.7. The number of benzene rings is 8. The molecule has 0 aliphatic carbocycles. The largest absolute Gasteiger partial charge is 0.480 e. The molecule has 20 heteroatoms. The number of carbonyl (C=O) groups is 8. The van der Waals surface area contributed by atoms with Crippen molar-refractivity contribution in [1.82, 2.24) is 10.6 Å². The summed E-state index contributed by atoms with van der Waals surface area (Å²) in [6.07, 6.45) is 4.36. The van der Waals surface area contributed by atoms with Crippen LogP contribution in [0.5, 0.6) is 0 Å². The first-order chi connectivity index (χ1) is 46.0. The van der Waals surface area contributed by atoms with Gasteiger partial charge in [-0.15, -0.1) is 12.8 Å². The fourth-order valence-electron chi connectivity index (χ4n) is 8.71. The predicted octanol–water partition coefficient (Wildman–Crippen LogP) is 14.0. The lowest BCUT2D eigenvalue weighted by Crippen LogP contribution is -2.44. The summed E-state index contributed by atoms with van der Waals surface area (Å²) in [6.45, 7) is 16.9. The van der Waals surface area contributed by atoms with Gasteiger partial charge in [0, 0.05) is 54.7 Å². The number of hydrogen-bond donors (Lipinski definition) is 7. The van der Waals surface area contributed by atoms with Crippen molar-refractivity contribution in [2.24, 2.45) is 9.98 Å². The second kappa shape index (κ2) is 36.2. The Morgan fingerprint density at radius 1 is 0.552 bits per heavy atom. The lowest BCUT2D eigenvalue weighted by molar-refractivity contribution is -0.139. The summed E-state index contributed by atoms with van der Waals surface area (Å²) in [6, 6.07) is 62.7. The van der Waals surface area contributed by atoms with Crippen molar-refractivity contribution in [2.75, 3.05) is 21.7 Å². The third kappa shape index (κ3) is 23.7. The van der Waals surface area contributed by atoms with Crippen molar-refractivity contribution >= 4 is 97.5 Å². The number of aliphatic imine (C=N–C) groups is 2. The lowest BCUT2D eigenvalue weighted by atomic mass is 10.0. The fraction of sp³-hybridized carbons (Fsp3) is 0.211. The molecule has 0 saturated carbocycles. The highest BCUT2D eigenvalue weighted by Crippen LogP contribution is 2.29. The van der Waals surface area contributed by atoms with Gasteiger partial charge in [-0.1, -0.05) is 180 Å². The number of nitrogen functional groups attached to an aromatic ring is 1. The Morgan fingerprint density at radius 2 is 0.938 bits per heavy atom. The Kier molecular flexibility index (Phi) is 27.8. The molecule has 19 nitrogen and oxygen atoms in total. The molecule has 2 aliphatic heterocycles. The zero-order chi connectivity index (χ0) is 71.4. The molecule has 0 radical (unpaired) electrons. The van der Waals surface area contributed by atoms with E-state index in [1.165, 1.54) is 13.3 Å². The maximum absolute atomic E-state index is 12.7. The number of fused-ring (bicyclic) bond motifs is 2. The first-order valence-corrected chi connectivity index (χ1v) is 31.1. The van der Waals surface area contributed by atoms with Crippen molar-refractivity contribution < 1.29 is 54.3 Å². The van der Waals surface area contributed by atoms with Crippen molar-refractivity contribution in [1.29, 1.82) is 0 Å². The number of alkyl carbamates (subject to hydrolysis) is 2. The van der Waals surface area contributed by atoms with E-state index in [0.717, 1.165) is 49.5 Å². The summed E-state index contributed by atoms with van der Waals surface area (Å²) < 4.78 is 16.7. The monoisotopic (exact) mass is 1360 g/mol. The van der Waals surface area contributed by atoms with E-state index >= 15 is 0 Å². The van der Waals surface area contributed by atoms with E-state index in [2.05, 4.69) is 58.9 Å². The Hall–Kier alpha value is -11.3. The lowest BCUT2D eigenvalue weighted by Gasteiger charge is -2.22. The molecule has 4 atom stereocenters. The van der Waals surface area contributed by atoms with Crippen LogP contribution >= 0.6 is 15.9 Å². The summed E-state index contributed by atoms with van der Waals surface area (Å²) in [4.78, 5) is 103. The highest BCUT2D eigenvalue weighted by atomic mass is 79.9. The second-order valence-corrected chi connectivity index (χ2v) is 24.3. The van der Waals surface area contributed by atoms with Crippen LogP contribution in [0.15, 0.2) is 227 Å². The molecule has 0 unspecified atom stereocenters. The molecule has 5 amide bonds. The third-order valence-electron chi connectivity index (χ3n) is 13.4. The number of nitrogens with zero attached hydrogens (tertiary/aromatic N) is 2. The van der Waals surface area contributed by atoms with Crippen LogP contribution in [-0.4, -0.2) is 99.3 Å². The molecule has 8 aromatic carbocycles. The van der Waals surface area contributed by atoms with Gasteiger partial charge < -0.3 is 46.9 Å². The molecular formula is C76H79BrN8O11. The smallest absolute Gasteiger partial charge is 0.408 e. The number of rotatable bonds is 11. The van der Waals surface area contributed by atoms with Crippen LogP contribution < -0.4 is 32.3 Å². The number of benzodiazepines with no additional fused rings is 2. The zero-order valence-electron chi connectivity index (χ0n) is 56.0. The molecule has 0 fully saturated rings. The fourth-order valence-corrected chi connectivity index (χ4v) is 9.07. The van der Waals surface area contributed by atoms with E-state index in [1.807, 2.05) is 146 Å². The topological polar surface area (TPSA) is 286 Å². The number of terminal acetylenes is 1. The highest BCUT2D eigenvalue weighted by Gasteiger charge is 2.26. The standard InChI is InChI=1S/C21H24N2O4.C16H13BrN2O.C16H14N2O.C13H11NO.C8H15NO4.C2H2/c1-14(22-20(26)27-21(2,3)4)19(25)23-17-13-9-8-12-16(17)18(24)15-10-6-5-7-11-15;1-10-16(20)19-14-8-7-12(17)9-13(14)15(18-10)11-5-3-2-4-6-11;1-11-16(19)18-14-10-6-5-9-13(14)15(17-11)12-7-3-2-4-8-12;14-12-9-5-4-8-11(12)13(15)10-6-2-1-3-7-10;1-5(6(10)11)9-7(12)13-8(2,3)4;1-2/h5-14H,1-4H3,(H,22,26)(H,23,25);2-10H,1H3,(H,19,20);2-11H,1H3,(H,18,19);1-9H,14H2;5H,1-4H3,(H,9,12)(H,10,11);1-2H/t14-;10-;11-;;5-;/m111.1./s1/i;;;;;1D. The molecular weight excluding hydrogens is 1280 g/mol. The predicted molar refractivity (Wildman–Crippen MR) is 382 cm³/mol. The average Bonchev–Trinajstić information content (AvgIpc) is 1.76. The van der Waals surface area contributed by atoms with E-state index in [4.69, 9.17) is 21.7 Å². The Balaban J connectivity index is 0.000000221. The summed E-state index contributed by atoms with van der Waals surface area (Å²) in [5.74, 6) is -1.93. The van der Waals surface area contributed by atoms with Gasteiger partial charge >= 0.3 is 18.2 Å². The molecule has 10 rings (SSSR count). The van der Waals surface area contributed by atoms with Crippen molar-refractivity contribution in [3.05, 3.63) is 261 Å². The maximum Gasteiger partial charge on any atom is 0.408 e. The summed E-state index contributed by atoms with van der Waals surface area (Å²) >= 11 is 3.48. The molecule has 96 heavy (non-hydrogen) atoms. The molecule has 0 saturated heterocycles. The number of aliphatic carboxylic acids is 1. The van der Waals surface area contributed by atoms with Gasteiger partial charge in [-0.2, -0.15) is 0 Å². The van der Waals surface area contributed by atoms with Crippen molar-refractivity contribution in [3.8, 4) is 12.8 Å². The highest BCUT2D eigenvalue weighted by molar-refractivity contribution is 9.10. The van der Waals surface area contributed by atoms with E-state index in [-0.39, 0.29) is 29.4 Å².